The number of fused-ring (bicyclic) bond motifs is 1. The minimum Gasteiger partial charge on any atom is -0.459 e. The summed E-state index contributed by atoms with van der Waals surface area (Å²) in [4.78, 5) is 38.2. The van der Waals surface area contributed by atoms with Crippen molar-refractivity contribution in [3.8, 4) is 0 Å². The molecule has 6 rings (SSSR count). The lowest BCUT2D eigenvalue weighted by Crippen LogP contribution is -2.66. The Bertz CT molecular complexity index is 925. The van der Waals surface area contributed by atoms with Crippen molar-refractivity contribution in [3.05, 3.63) is 0 Å². The Balaban J connectivity index is 1.71. The zero-order valence-electron chi connectivity index (χ0n) is 16.9. The Hall–Kier alpha value is -1.75. The molecule has 30 heavy (non-hydrogen) atoms. The second-order valence-corrected chi connectivity index (χ2v) is 10.7. The summed E-state index contributed by atoms with van der Waals surface area (Å²) in [5.74, 6) is -4.43. The molecule has 4 saturated heterocycles. The predicted octanol–water partition coefficient (Wildman–Crippen LogP) is -1.37. The average molecular weight is 424 g/mol. The summed E-state index contributed by atoms with van der Waals surface area (Å²) in [6, 6.07) is 0. The van der Waals surface area contributed by atoms with Crippen molar-refractivity contribution in [2.24, 2.45) is 28.1 Å². The van der Waals surface area contributed by atoms with Gasteiger partial charge in [-0.2, -0.15) is 0 Å². The van der Waals surface area contributed by atoms with Crippen LogP contribution in [0.5, 0.6) is 0 Å². The molecule has 11 atom stereocenters. The van der Waals surface area contributed by atoms with Gasteiger partial charge in [0, 0.05) is 12.3 Å². The van der Waals surface area contributed by atoms with Gasteiger partial charge >= 0.3 is 17.9 Å². The standard InChI is InChI=1S/C20H24O10/c1-6-12(23)27-7-5-17-11-8(21)9(16(2,3)4)18(17)10(22)13(24)29-15(18)30-20(17,14(25)28-11)19(6,7)26/h6-11,15,21-22,26H,5H2,1-4H3/t6-,7-,8+,9-,10-,11+,15-,17+,18-,19+,20+/m0/s1. The van der Waals surface area contributed by atoms with Crippen LogP contribution in [0.25, 0.3) is 0 Å². The molecular formula is C20H24O10. The van der Waals surface area contributed by atoms with Gasteiger partial charge in [0.15, 0.2) is 11.7 Å². The van der Waals surface area contributed by atoms with Crippen LogP contribution in [0, 0.1) is 28.1 Å². The normalized spacial score (nSPS) is 60.1. The molecule has 0 aromatic heterocycles. The number of aliphatic hydroxyl groups is 3. The highest BCUT2D eigenvalue weighted by molar-refractivity contribution is 5.93. The van der Waals surface area contributed by atoms with Crippen LogP contribution in [0.15, 0.2) is 0 Å². The Labute approximate surface area is 171 Å². The fraction of sp³-hybridized carbons (Fsp3) is 0.850. The molecule has 2 aliphatic carbocycles. The Morgan fingerprint density at radius 1 is 1.03 bits per heavy atom. The number of carbonyl (C=O) groups excluding carboxylic acids is 3. The fourth-order valence-electron chi connectivity index (χ4n) is 8.22. The van der Waals surface area contributed by atoms with Crippen LogP contribution in [0.4, 0.5) is 0 Å². The van der Waals surface area contributed by atoms with Crippen molar-refractivity contribution in [1.29, 1.82) is 0 Å². The summed E-state index contributed by atoms with van der Waals surface area (Å²) < 4.78 is 22.6. The largest absolute Gasteiger partial charge is 0.459 e. The van der Waals surface area contributed by atoms with Gasteiger partial charge in [-0.05, 0) is 12.3 Å². The van der Waals surface area contributed by atoms with E-state index in [9.17, 15) is 29.7 Å². The molecule has 2 spiro atoms. The van der Waals surface area contributed by atoms with E-state index in [0.29, 0.717) is 0 Å². The number of esters is 3. The highest BCUT2D eigenvalue weighted by atomic mass is 16.8. The first-order valence-electron chi connectivity index (χ1n) is 10.2. The lowest BCUT2D eigenvalue weighted by Gasteiger charge is -2.46. The summed E-state index contributed by atoms with van der Waals surface area (Å²) in [6.45, 7) is 6.97. The van der Waals surface area contributed by atoms with Crippen LogP contribution in [0.2, 0.25) is 0 Å². The number of hydrogen-bond acceptors (Lipinski definition) is 10. The molecule has 10 nitrogen and oxygen atoms in total. The summed E-state index contributed by atoms with van der Waals surface area (Å²) in [6.07, 6.45) is -6.73. The maximum atomic E-state index is 13.4. The van der Waals surface area contributed by atoms with E-state index in [2.05, 4.69) is 0 Å². The highest BCUT2D eigenvalue weighted by Crippen LogP contribution is 2.84. The third-order valence-corrected chi connectivity index (χ3v) is 8.91. The van der Waals surface area contributed by atoms with E-state index in [1.165, 1.54) is 6.92 Å². The monoisotopic (exact) mass is 424 g/mol. The summed E-state index contributed by atoms with van der Waals surface area (Å²) in [7, 11) is 0. The van der Waals surface area contributed by atoms with E-state index in [0.717, 1.165) is 0 Å². The van der Waals surface area contributed by atoms with Crippen LogP contribution in [0.3, 0.4) is 0 Å². The van der Waals surface area contributed by atoms with E-state index in [-0.39, 0.29) is 6.42 Å². The molecule has 6 fully saturated rings. The molecule has 0 bridgehead atoms. The van der Waals surface area contributed by atoms with Crippen LogP contribution in [-0.2, 0) is 33.3 Å². The average Bonchev–Trinajstić information content (AvgIpc) is 3.32. The molecule has 6 aliphatic rings. The number of carbonyl (C=O) groups is 3. The first kappa shape index (κ1) is 19.0. The fourth-order valence-corrected chi connectivity index (χ4v) is 8.22. The number of aliphatic hydroxyl groups excluding tert-OH is 2. The van der Waals surface area contributed by atoms with Crippen molar-refractivity contribution in [2.45, 2.75) is 76.0 Å². The maximum absolute atomic E-state index is 13.4. The molecule has 3 N–H and O–H groups in total. The van der Waals surface area contributed by atoms with Gasteiger partial charge in [-0.15, -0.1) is 0 Å². The van der Waals surface area contributed by atoms with Gasteiger partial charge < -0.3 is 34.3 Å². The second-order valence-electron chi connectivity index (χ2n) is 10.7. The van der Waals surface area contributed by atoms with Crippen molar-refractivity contribution in [1.82, 2.24) is 0 Å². The Morgan fingerprint density at radius 2 is 1.70 bits per heavy atom. The molecule has 164 valence electrons. The van der Waals surface area contributed by atoms with Gasteiger partial charge in [0.1, 0.15) is 12.2 Å². The van der Waals surface area contributed by atoms with E-state index >= 15 is 0 Å². The van der Waals surface area contributed by atoms with Gasteiger partial charge in [-0.3, -0.25) is 4.79 Å². The lowest BCUT2D eigenvalue weighted by molar-refractivity contribution is -0.239. The van der Waals surface area contributed by atoms with E-state index in [1.807, 2.05) is 20.8 Å². The van der Waals surface area contributed by atoms with Gasteiger partial charge in [0.2, 0.25) is 11.9 Å². The third-order valence-electron chi connectivity index (χ3n) is 8.91. The Morgan fingerprint density at radius 3 is 2.33 bits per heavy atom. The molecule has 4 aliphatic heterocycles. The van der Waals surface area contributed by atoms with E-state index in [1.54, 1.807) is 0 Å². The number of ether oxygens (including phenoxy) is 4. The van der Waals surface area contributed by atoms with Gasteiger partial charge in [0.05, 0.1) is 22.9 Å². The Kier molecular flexibility index (Phi) is 2.97. The van der Waals surface area contributed by atoms with E-state index < -0.39 is 87.9 Å². The molecule has 4 heterocycles. The number of rotatable bonds is 0. The zero-order chi connectivity index (χ0) is 21.8. The van der Waals surface area contributed by atoms with Gasteiger partial charge in [-0.1, -0.05) is 20.8 Å². The van der Waals surface area contributed by atoms with Crippen LogP contribution in [-0.4, -0.2) is 75.1 Å². The molecule has 10 heteroatoms. The summed E-state index contributed by atoms with van der Waals surface area (Å²) in [5, 5.41) is 34.4. The van der Waals surface area contributed by atoms with Crippen molar-refractivity contribution >= 4 is 17.9 Å². The third kappa shape index (κ3) is 1.35. The molecule has 0 aromatic rings. The van der Waals surface area contributed by atoms with Gasteiger partial charge in [0.25, 0.3) is 0 Å². The first-order valence-corrected chi connectivity index (χ1v) is 10.2. The molecular weight excluding hydrogens is 400 g/mol. The highest BCUT2D eigenvalue weighted by Gasteiger charge is 3.02. The molecule has 0 aromatic carbocycles. The molecule has 0 radical (unpaired) electrons. The quantitative estimate of drug-likeness (QED) is 0.314. The number of hydrogen-bond donors (Lipinski definition) is 3. The van der Waals surface area contributed by atoms with Crippen molar-refractivity contribution in [2.75, 3.05) is 0 Å². The van der Waals surface area contributed by atoms with E-state index in [4.69, 9.17) is 18.9 Å². The molecule has 0 amide bonds. The smallest absolute Gasteiger partial charge is 0.342 e. The molecule has 0 unspecified atom stereocenters. The minimum absolute atomic E-state index is 0.107. The maximum Gasteiger partial charge on any atom is 0.342 e. The summed E-state index contributed by atoms with van der Waals surface area (Å²) >= 11 is 0. The van der Waals surface area contributed by atoms with Crippen molar-refractivity contribution < 1.29 is 48.7 Å². The summed E-state index contributed by atoms with van der Waals surface area (Å²) in [5.41, 5.74) is -7.95. The topological polar surface area (TPSA) is 149 Å². The van der Waals surface area contributed by atoms with Crippen molar-refractivity contribution in [3.63, 3.8) is 0 Å². The second kappa shape index (κ2) is 4.69. The minimum atomic E-state index is -2.12. The lowest BCUT2D eigenvalue weighted by atomic mass is 9.51. The van der Waals surface area contributed by atoms with Crippen LogP contribution >= 0.6 is 0 Å². The van der Waals surface area contributed by atoms with Crippen LogP contribution < -0.4 is 0 Å². The van der Waals surface area contributed by atoms with Crippen LogP contribution in [0.1, 0.15) is 34.1 Å². The zero-order valence-corrected chi connectivity index (χ0v) is 16.9. The predicted molar refractivity (Wildman–Crippen MR) is 92.0 cm³/mol. The SMILES string of the molecule is C[C@H]1C(=O)O[C@H]2C[C@]34[C@@H]5OC(=O)[C@]3(O[C@@H]3OC(=O)[C@H](O)[C@@]34[C@H](C(C)(C)C)[C@H]5O)[C@]21O. The van der Waals surface area contributed by atoms with Gasteiger partial charge in [-0.25, -0.2) is 9.59 Å². The first-order chi connectivity index (χ1) is 13.8. The molecule has 2 saturated carbocycles.